The average molecular weight is 271 g/mol. The van der Waals surface area contributed by atoms with Crippen molar-refractivity contribution in [3.8, 4) is 0 Å². The van der Waals surface area contributed by atoms with Gasteiger partial charge in [0.25, 0.3) is 5.91 Å². The van der Waals surface area contributed by atoms with E-state index in [4.69, 9.17) is 14.6 Å². The highest BCUT2D eigenvalue weighted by atomic mass is 16.7. The van der Waals surface area contributed by atoms with E-state index in [1.54, 1.807) is 14.1 Å². The van der Waals surface area contributed by atoms with Crippen molar-refractivity contribution in [1.29, 1.82) is 0 Å². The second-order valence-corrected chi connectivity index (χ2v) is 5.06. The van der Waals surface area contributed by atoms with Gasteiger partial charge in [-0.25, -0.2) is 0 Å². The Morgan fingerprint density at radius 2 is 2.21 bits per heavy atom. The van der Waals surface area contributed by atoms with Crippen molar-refractivity contribution >= 4 is 5.91 Å². The molecule has 0 saturated heterocycles. The van der Waals surface area contributed by atoms with Crippen LogP contribution in [-0.4, -0.2) is 49.5 Å². The van der Waals surface area contributed by atoms with Crippen LogP contribution in [0.5, 0.6) is 0 Å². The first-order valence-corrected chi connectivity index (χ1v) is 6.83. The molecule has 0 aliphatic carbocycles. The lowest BCUT2D eigenvalue weighted by atomic mass is 9.86. The van der Waals surface area contributed by atoms with E-state index in [2.05, 4.69) is 6.92 Å². The molecule has 1 aliphatic heterocycles. The summed E-state index contributed by atoms with van der Waals surface area (Å²) < 4.78 is 11.3. The van der Waals surface area contributed by atoms with Crippen LogP contribution in [0.1, 0.15) is 26.7 Å². The van der Waals surface area contributed by atoms with E-state index >= 15 is 0 Å². The van der Waals surface area contributed by atoms with Gasteiger partial charge in [0, 0.05) is 33.2 Å². The van der Waals surface area contributed by atoms with E-state index in [-0.39, 0.29) is 24.3 Å². The van der Waals surface area contributed by atoms with Gasteiger partial charge in [0.2, 0.25) is 6.29 Å². The van der Waals surface area contributed by atoms with E-state index in [9.17, 15) is 4.79 Å². The Morgan fingerprint density at radius 1 is 1.53 bits per heavy atom. The molecular formula is C14H25NO4. The first-order chi connectivity index (χ1) is 9.01. The third-order valence-electron chi connectivity index (χ3n) is 3.33. The molecule has 0 aromatic carbocycles. The molecule has 110 valence electrons. The standard InChI is InChI=1S/C14H25NO4/c1-5-18-14-11(7-6-8-16)10(2)9-12(19-14)13(17)15(3)4/h9-11,14,16H,5-8H2,1-4H3/t10-,11-,14+/m1/s1. The van der Waals surface area contributed by atoms with Gasteiger partial charge in [-0.2, -0.15) is 0 Å². The first kappa shape index (κ1) is 16.0. The van der Waals surface area contributed by atoms with Crippen LogP contribution in [0.2, 0.25) is 0 Å². The highest BCUT2D eigenvalue weighted by Crippen LogP contribution is 2.32. The molecule has 1 rings (SSSR count). The number of aliphatic hydroxyl groups is 1. The quantitative estimate of drug-likeness (QED) is 0.793. The van der Waals surface area contributed by atoms with Crippen molar-refractivity contribution in [3.05, 3.63) is 11.8 Å². The van der Waals surface area contributed by atoms with E-state index in [0.29, 0.717) is 18.8 Å². The van der Waals surface area contributed by atoms with E-state index in [1.807, 2.05) is 13.0 Å². The lowest BCUT2D eigenvalue weighted by Crippen LogP contribution is -2.38. The maximum Gasteiger partial charge on any atom is 0.288 e. The molecule has 0 bridgehead atoms. The zero-order chi connectivity index (χ0) is 14.4. The van der Waals surface area contributed by atoms with Crippen LogP contribution in [0.3, 0.4) is 0 Å². The van der Waals surface area contributed by atoms with Crippen molar-refractivity contribution in [2.24, 2.45) is 11.8 Å². The van der Waals surface area contributed by atoms with Crippen LogP contribution in [-0.2, 0) is 14.3 Å². The summed E-state index contributed by atoms with van der Waals surface area (Å²) in [5.74, 6) is 0.579. The summed E-state index contributed by atoms with van der Waals surface area (Å²) in [5, 5.41) is 8.95. The van der Waals surface area contributed by atoms with Gasteiger partial charge in [-0.1, -0.05) is 6.92 Å². The van der Waals surface area contributed by atoms with Crippen molar-refractivity contribution in [2.75, 3.05) is 27.3 Å². The molecule has 1 amide bonds. The number of ether oxygens (including phenoxy) is 2. The van der Waals surface area contributed by atoms with Gasteiger partial charge in [-0.05, 0) is 31.8 Å². The van der Waals surface area contributed by atoms with Crippen LogP contribution in [0.25, 0.3) is 0 Å². The summed E-state index contributed by atoms with van der Waals surface area (Å²) >= 11 is 0. The van der Waals surface area contributed by atoms with Gasteiger partial charge in [0.05, 0.1) is 0 Å². The normalized spacial score (nSPS) is 26.6. The van der Waals surface area contributed by atoms with E-state index < -0.39 is 6.29 Å². The number of hydrogen-bond donors (Lipinski definition) is 1. The predicted molar refractivity (Wildman–Crippen MR) is 72.2 cm³/mol. The van der Waals surface area contributed by atoms with E-state index in [0.717, 1.165) is 6.42 Å². The lowest BCUT2D eigenvalue weighted by Gasteiger charge is -2.35. The van der Waals surface area contributed by atoms with Crippen LogP contribution in [0.4, 0.5) is 0 Å². The van der Waals surface area contributed by atoms with Gasteiger partial charge < -0.3 is 19.5 Å². The number of carbonyl (C=O) groups is 1. The van der Waals surface area contributed by atoms with E-state index in [1.165, 1.54) is 4.90 Å². The number of carbonyl (C=O) groups excluding carboxylic acids is 1. The summed E-state index contributed by atoms with van der Waals surface area (Å²) in [5.41, 5.74) is 0. The topological polar surface area (TPSA) is 59.0 Å². The molecular weight excluding hydrogens is 246 g/mol. The number of allylic oxidation sites excluding steroid dienone is 1. The fraction of sp³-hybridized carbons (Fsp3) is 0.786. The van der Waals surface area contributed by atoms with Crippen molar-refractivity contribution in [2.45, 2.75) is 33.0 Å². The van der Waals surface area contributed by atoms with Crippen LogP contribution in [0, 0.1) is 11.8 Å². The number of likely N-dealkylation sites (N-methyl/N-ethyl adjacent to an activating group) is 1. The van der Waals surface area contributed by atoms with Crippen LogP contribution >= 0.6 is 0 Å². The van der Waals surface area contributed by atoms with Crippen molar-refractivity contribution in [3.63, 3.8) is 0 Å². The third-order valence-corrected chi connectivity index (χ3v) is 3.33. The second-order valence-electron chi connectivity index (χ2n) is 5.06. The minimum absolute atomic E-state index is 0.142. The number of rotatable bonds is 6. The second kappa shape index (κ2) is 7.50. The maximum absolute atomic E-state index is 12.0. The molecule has 0 aromatic heterocycles. The molecule has 0 unspecified atom stereocenters. The SMILES string of the molecule is CCO[C@H]1OC(C(=O)N(C)C)=C[C@@H](C)[C@H]1CCCO. The molecule has 1 heterocycles. The predicted octanol–water partition coefficient (Wildman–Crippen LogP) is 1.38. The molecule has 1 N–H and O–H groups in total. The molecule has 0 radical (unpaired) electrons. The summed E-state index contributed by atoms with van der Waals surface area (Å²) in [6.07, 6.45) is 2.99. The maximum atomic E-state index is 12.0. The Labute approximate surface area is 115 Å². The van der Waals surface area contributed by atoms with Crippen LogP contribution in [0.15, 0.2) is 11.8 Å². The minimum atomic E-state index is -0.407. The summed E-state index contributed by atoms with van der Waals surface area (Å²) in [7, 11) is 3.40. The third kappa shape index (κ3) is 4.21. The molecule has 0 saturated carbocycles. The van der Waals surface area contributed by atoms with Gasteiger partial charge in [0.15, 0.2) is 5.76 Å². The largest absolute Gasteiger partial charge is 0.459 e. The lowest BCUT2D eigenvalue weighted by molar-refractivity contribution is -0.173. The molecule has 5 heteroatoms. The van der Waals surface area contributed by atoms with Crippen LogP contribution < -0.4 is 0 Å². The summed E-state index contributed by atoms with van der Waals surface area (Å²) in [6.45, 7) is 4.66. The zero-order valence-corrected chi connectivity index (χ0v) is 12.3. The molecule has 0 spiro atoms. The zero-order valence-electron chi connectivity index (χ0n) is 12.3. The van der Waals surface area contributed by atoms with Gasteiger partial charge in [0.1, 0.15) is 0 Å². The molecule has 3 atom stereocenters. The number of hydrogen-bond acceptors (Lipinski definition) is 4. The molecule has 5 nitrogen and oxygen atoms in total. The molecule has 19 heavy (non-hydrogen) atoms. The minimum Gasteiger partial charge on any atom is -0.459 e. The summed E-state index contributed by atoms with van der Waals surface area (Å²) in [4.78, 5) is 13.4. The highest BCUT2D eigenvalue weighted by molar-refractivity contribution is 5.91. The Hall–Kier alpha value is -1.07. The number of aliphatic hydroxyl groups excluding tert-OH is 1. The Morgan fingerprint density at radius 3 is 2.74 bits per heavy atom. The summed E-state index contributed by atoms with van der Waals surface area (Å²) in [6, 6.07) is 0. The van der Waals surface area contributed by atoms with Crippen molar-refractivity contribution < 1.29 is 19.4 Å². The Kier molecular flexibility index (Phi) is 6.31. The Balaban J connectivity index is 2.83. The molecule has 1 aliphatic rings. The van der Waals surface area contributed by atoms with Gasteiger partial charge >= 0.3 is 0 Å². The highest BCUT2D eigenvalue weighted by Gasteiger charge is 2.35. The molecule has 0 fully saturated rings. The van der Waals surface area contributed by atoms with Crippen molar-refractivity contribution in [1.82, 2.24) is 4.90 Å². The monoisotopic (exact) mass is 271 g/mol. The molecule has 0 aromatic rings. The van der Waals surface area contributed by atoms with Gasteiger partial charge in [-0.15, -0.1) is 0 Å². The number of amides is 1. The van der Waals surface area contributed by atoms with Gasteiger partial charge in [-0.3, -0.25) is 4.79 Å². The number of nitrogens with zero attached hydrogens (tertiary/aromatic N) is 1. The fourth-order valence-corrected chi connectivity index (χ4v) is 2.25. The fourth-order valence-electron chi connectivity index (χ4n) is 2.25. The average Bonchev–Trinajstić information content (AvgIpc) is 2.37. The smallest absolute Gasteiger partial charge is 0.288 e. The Bertz CT molecular complexity index is 327. The first-order valence-electron chi connectivity index (χ1n) is 6.83.